The highest BCUT2D eigenvalue weighted by Gasteiger charge is 2.04. The Hall–Kier alpha value is 0. The van der Waals surface area contributed by atoms with Crippen LogP contribution in [0.1, 0.15) is 201 Å². The van der Waals surface area contributed by atoms with Crippen LogP contribution in [-0.4, -0.2) is 0 Å². The van der Waals surface area contributed by atoms with Crippen molar-refractivity contribution in [3.63, 3.8) is 0 Å². The van der Waals surface area contributed by atoms with Gasteiger partial charge in [0.2, 0.25) is 0 Å². The van der Waals surface area contributed by atoms with Gasteiger partial charge in [0.15, 0.2) is 0 Å². The minimum Gasteiger partial charge on any atom is -0.0654 e. The van der Waals surface area contributed by atoms with Crippen molar-refractivity contribution in [2.45, 2.75) is 201 Å². The van der Waals surface area contributed by atoms with E-state index in [2.05, 4.69) is 27.7 Å². The molecule has 2 unspecified atom stereocenters. The molecule has 0 amide bonds. The van der Waals surface area contributed by atoms with E-state index >= 15 is 0 Å². The average molecular weight is 465 g/mol. The molecule has 200 valence electrons. The fourth-order valence-corrected chi connectivity index (χ4v) is 5.40. The van der Waals surface area contributed by atoms with Crippen LogP contribution >= 0.6 is 0 Å². The van der Waals surface area contributed by atoms with Crippen LogP contribution in [0, 0.1) is 11.8 Å². The lowest BCUT2D eigenvalue weighted by molar-refractivity contribution is 0.411. The predicted molar refractivity (Wildman–Crippen MR) is 154 cm³/mol. The molecule has 0 rings (SSSR count). The maximum Gasteiger partial charge on any atom is -0.0443 e. The maximum absolute atomic E-state index is 2.50. The summed E-state index contributed by atoms with van der Waals surface area (Å²) in [7, 11) is 0. The fourth-order valence-electron chi connectivity index (χ4n) is 5.40. The topological polar surface area (TPSA) is 0 Å². The molecule has 33 heavy (non-hydrogen) atoms. The van der Waals surface area contributed by atoms with E-state index in [1.165, 1.54) is 173 Å². The summed E-state index contributed by atoms with van der Waals surface area (Å²) in [5, 5.41) is 0. The molecule has 0 saturated heterocycles. The molecule has 0 aliphatic rings. The lowest BCUT2D eigenvalue weighted by Crippen LogP contribution is -1.97. The van der Waals surface area contributed by atoms with Gasteiger partial charge in [0, 0.05) is 0 Å². The van der Waals surface area contributed by atoms with Crippen molar-refractivity contribution in [3.8, 4) is 0 Å². The fraction of sp³-hybridized carbons (Fsp3) is 1.00. The van der Waals surface area contributed by atoms with Gasteiger partial charge >= 0.3 is 0 Å². The van der Waals surface area contributed by atoms with Gasteiger partial charge in [-0.1, -0.05) is 201 Å². The van der Waals surface area contributed by atoms with Gasteiger partial charge < -0.3 is 0 Å². The number of rotatable bonds is 28. The van der Waals surface area contributed by atoms with E-state index in [1.54, 1.807) is 0 Å². The van der Waals surface area contributed by atoms with Crippen LogP contribution in [0.15, 0.2) is 0 Å². The van der Waals surface area contributed by atoms with Gasteiger partial charge in [-0.25, -0.2) is 0 Å². The van der Waals surface area contributed by atoms with Crippen LogP contribution in [0.4, 0.5) is 0 Å². The summed E-state index contributed by atoms with van der Waals surface area (Å²) in [5.41, 5.74) is 0. The second kappa shape index (κ2) is 28.2. The molecule has 0 N–H and O–H groups in total. The van der Waals surface area contributed by atoms with E-state index in [9.17, 15) is 0 Å². The van der Waals surface area contributed by atoms with Gasteiger partial charge in [0.1, 0.15) is 0 Å². The van der Waals surface area contributed by atoms with Crippen LogP contribution in [0.2, 0.25) is 0 Å². The lowest BCUT2D eigenvalue weighted by atomic mass is 9.94. The summed E-state index contributed by atoms with van der Waals surface area (Å²) in [6, 6.07) is 0. The van der Waals surface area contributed by atoms with E-state index in [0.717, 1.165) is 11.8 Å². The monoisotopic (exact) mass is 465 g/mol. The number of hydrogen-bond acceptors (Lipinski definition) is 0. The minimum atomic E-state index is 0.960. The molecule has 0 bridgehead atoms. The zero-order chi connectivity index (χ0) is 24.2. The third kappa shape index (κ3) is 28.1. The highest BCUT2D eigenvalue weighted by Crippen LogP contribution is 2.21. The van der Waals surface area contributed by atoms with Crippen molar-refractivity contribution >= 4 is 0 Å². The molecule has 0 aliphatic carbocycles. The quantitative estimate of drug-likeness (QED) is 0.101. The van der Waals surface area contributed by atoms with Gasteiger partial charge in [-0.15, -0.1) is 0 Å². The Bertz CT molecular complexity index is 333. The molecule has 2 atom stereocenters. The first kappa shape index (κ1) is 33.0. The summed E-state index contributed by atoms with van der Waals surface area (Å²) < 4.78 is 0. The molecule has 0 saturated carbocycles. The largest absolute Gasteiger partial charge is 0.0654 e. The Morgan fingerprint density at radius 3 is 0.788 bits per heavy atom. The minimum absolute atomic E-state index is 0.960. The third-order valence-corrected chi connectivity index (χ3v) is 7.99. The van der Waals surface area contributed by atoms with Gasteiger partial charge in [-0.3, -0.25) is 0 Å². The Balaban J connectivity index is 3.17. The molecule has 0 heterocycles. The zero-order valence-corrected chi connectivity index (χ0v) is 24.2. The first-order valence-corrected chi connectivity index (χ1v) is 16.2. The second-order valence-electron chi connectivity index (χ2n) is 11.8. The molecule has 0 aliphatic heterocycles. The maximum atomic E-state index is 2.50. The van der Waals surface area contributed by atoms with Crippen LogP contribution in [0.5, 0.6) is 0 Å². The Morgan fingerprint density at radius 2 is 0.485 bits per heavy atom. The van der Waals surface area contributed by atoms with Crippen LogP contribution < -0.4 is 0 Å². The first-order chi connectivity index (χ1) is 16.2. The summed E-state index contributed by atoms with van der Waals surface area (Å²) in [6.07, 6.45) is 39.7. The molecular weight excluding hydrogens is 396 g/mol. The molecule has 0 radical (unpaired) electrons. The van der Waals surface area contributed by atoms with Crippen LogP contribution in [0.3, 0.4) is 0 Å². The molecule has 0 nitrogen and oxygen atoms in total. The summed E-state index contributed by atoms with van der Waals surface area (Å²) in [4.78, 5) is 0. The van der Waals surface area contributed by atoms with E-state index in [4.69, 9.17) is 0 Å². The summed E-state index contributed by atoms with van der Waals surface area (Å²) in [6.45, 7) is 9.57. The van der Waals surface area contributed by atoms with Gasteiger partial charge in [-0.05, 0) is 11.8 Å². The van der Waals surface area contributed by atoms with Gasteiger partial charge in [0.05, 0.1) is 0 Å². The van der Waals surface area contributed by atoms with Crippen molar-refractivity contribution in [2.75, 3.05) is 0 Å². The van der Waals surface area contributed by atoms with Crippen LogP contribution in [0.25, 0.3) is 0 Å². The van der Waals surface area contributed by atoms with Gasteiger partial charge in [0.25, 0.3) is 0 Å². The Labute approximate surface area is 212 Å². The molecule has 0 aromatic heterocycles. The normalized spacial score (nSPS) is 13.5. The third-order valence-electron chi connectivity index (χ3n) is 7.99. The lowest BCUT2D eigenvalue weighted by Gasteiger charge is -2.12. The van der Waals surface area contributed by atoms with Crippen molar-refractivity contribution in [2.24, 2.45) is 11.8 Å². The molecular formula is C33H68. The second-order valence-corrected chi connectivity index (χ2v) is 11.8. The van der Waals surface area contributed by atoms with Crippen molar-refractivity contribution in [1.29, 1.82) is 0 Å². The highest BCUT2D eigenvalue weighted by molar-refractivity contribution is 4.58. The van der Waals surface area contributed by atoms with Crippen molar-refractivity contribution in [1.82, 2.24) is 0 Å². The first-order valence-electron chi connectivity index (χ1n) is 16.2. The molecule has 0 fully saturated rings. The van der Waals surface area contributed by atoms with E-state index in [0.29, 0.717) is 0 Å². The van der Waals surface area contributed by atoms with E-state index in [1.807, 2.05) is 0 Å². The average Bonchev–Trinajstić information content (AvgIpc) is 2.81. The molecule has 0 aromatic carbocycles. The molecule has 0 heteroatoms. The van der Waals surface area contributed by atoms with E-state index < -0.39 is 0 Å². The Morgan fingerprint density at radius 1 is 0.273 bits per heavy atom. The van der Waals surface area contributed by atoms with Gasteiger partial charge in [-0.2, -0.15) is 0 Å². The number of hydrogen-bond donors (Lipinski definition) is 0. The van der Waals surface area contributed by atoms with Crippen molar-refractivity contribution in [3.05, 3.63) is 0 Å². The molecule has 0 aromatic rings. The van der Waals surface area contributed by atoms with Crippen molar-refractivity contribution < 1.29 is 0 Å². The smallest absolute Gasteiger partial charge is 0.0443 e. The van der Waals surface area contributed by atoms with E-state index in [-0.39, 0.29) is 0 Å². The summed E-state index contributed by atoms with van der Waals surface area (Å²) in [5.74, 6) is 1.92. The SMILES string of the molecule is CCCCCCCCCCCCCCCCCCCCC(C)CCCCCC(C)CCCC. The summed E-state index contributed by atoms with van der Waals surface area (Å²) >= 11 is 0. The number of unbranched alkanes of at least 4 members (excludes halogenated alkanes) is 20. The zero-order valence-electron chi connectivity index (χ0n) is 24.2. The Kier molecular flexibility index (Phi) is 28.2. The molecule has 0 spiro atoms. The van der Waals surface area contributed by atoms with Crippen LogP contribution in [-0.2, 0) is 0 Å². The predicted octanol–water partition coefficient (Wildman–Crippen LogP) is 12.8. The standard InChI is InChI=1S/C33H68/c1-5-7-9-10-11-12-13-14-15-16-17-18-19-20-21-22-23-25-29-33(4)31-27-24-26-30-32(3)28-8-6-2/h32-33H,5-31H2,1-4H3. The highest BCUT2D eigenvalue weighted by atomic mass is 14.1.